The first kappa shape index (κ1) is 14.6. The normalized spacial score (nSPS) is 12.4. The van der Waals surface area contributed by atoms with Crippen LogP contribution in [-0.4, -0.2) is 37.0 Å². The maximum absolute atomic E-state index is 12.1. The molecule has 1 aromatic carbocycles. The van der Waals surface area contributed by atoms with Crippen LogP contribution in [0.4, 0.5) is 0 Å². The van der Waals surface area contributed by atoms with Crippen LogP contribution < -0.4 is 0 Å². The Morgan fingerprint density at radius 1 is 1.33 bits per heavy atom. The predicted octanol–water partition coefficient (Wildman–Crippen LogP) is 0.950. The van der Waals surface area contributed by atoms with Crippen molar-refractivity contribution in [1.82, 2.24) is 4.31 Å². The van der Waals surface area contributed by atoms with Crippen molar-refractivity contribution in [2.24, 2.45) is 0 Å². The molecule has 0 spiro atoms. The number of nitrogens with zero attached hydrogens (tertiary/aromatic N) is 2. The van der Waals surface area contributed by atoms with Crippen LogP contribution in [0.25, 0.3) is 0 Å². The Hall–Kier alpha value is -1.42. The number of hydrogen-bond donors (Lipinski definition) is 1. The van der Waals surface area contributed by atoms with E-state index >= 15 is 0 Å². The van der Waals surface area contributed by atoms with Crippen molar-refractivity contribution in [2.45, 2.75) is 24.3 Å². The molecule has 0 bridgehead atoms. The van der Waals surface area contributed by atoms with Gasteiger partial charge in [-0.15, -0.1) is 0 Å². The number of hydrogen-bond acceptors (Lipinski definition) is 4. The molecule has 1 N–H and O–H groups in total. The van der Waals surface area contributed by atoms with Gasteiger partial charge in [0.25, 0.3) is 0 Å². The van der Waals surface area contributed by atoms with Gasteiger partial charge in [0.15, 0.2) is 0 Å². The van der Waals surface area contributed by atoms with Crippen molar-refractivity contribution in [1.29, 1.82) is 5.26 Å². The molecule has 0 amide bonds. The second-order valence-electron chi connectivity index (χ2n) is 4.71. The lowest BCUT2D eigenvalue weighted by Crippen LogP contribution is -2.39. The largest absolute Gasteiger partial charge is 0.389 e. The van der Waals surface area contributed by atoms with Crippen molar-refractivity contribution in [3.8, 4) is 6.07 Å². The molecular formula is C12H16N2O3S. The number of likely N-dealkylation sites (N-methyl/N-ethyl adjacent to an activating group) is 1. The first-order valence-corrected chi connectivity index (χ1v) is 6.80. The third-order valence-electron chi connectivity index (χ3n) is 2.30. The topological polar surface area (TPSA) is 81.4 Å². The molecule has 18 heavy (non-hydrogen) atoms. The molecule has 0 radical (unpaired) electrons. The van der Waals surface area contributed by atoms with Crippen molar-refractivity contribution >= 4 is 10.0 Å². The molecule has 1 aromatic rings. The van der Waals surface area contributed by atoms with Crippen LogP contribution in [0.15, 0.2) is 29.2 Å². The summed E-state index contributed by atoms with van der Waals surface area (Å²) in [6, 6.07) is 7.59. The zero-order valence-electron chi connectivity index (χ0n) is 10.6. The van der Waals surface area contributed by atoms with Gasteiger partial charge in [-0.25, -0.2) is 8.42 Å². The van der Waals surface area contributed by atoms with E-state index < -0.39 is 15.6 Å². The Morgan fingerprint density at radius 2 is 1.83 bits per heavy atom. The lowest BCUT2D eigenvalue weighted by molar-refractivity contribution is 0.0640. The van der Waals surface area contributed by atoms with Crippen molar-refractivity contribution in [2.75, 3.05) is 13.6 Å². The number of nitriles is 1. The molecule has 0 aromatic heterocycles. The SMILES string of the molecule is CN(CC(C)(C)O)S(=O)(=O)c1ccc(C#N)cc1. The molecule has 0 aliphatic heterocycles. The van der Waals surface area contributed by atoms with Crippen LogP contribution in [0, 0.1) is 11.3 Å². The second kappa shape index (κ2) is 5.06. The molecule has 0 heterocycles. The summed E-state index contributed by atoms with van der Waals surface area (Å²) in [5.41, 5.74) is -0.701. The highest BCUT2D eigenvalue weighted by atomic mass is 32.2. The van der Waals surface area contributed by atoms with E-state index in [1.165, 1.54) is 45.2 Å². The minimum Gasteiger partial charge on any atom is -0.389 e. The van der Waals surface area contributed by atoms with Gasteiger partial charge in [-0.05, 0) is 38.1 Å². The van der Waals surface area contributed by atoms with E-state index in [1.807, 2.05) is 6.07 Å². The van der Waals surface area contributed by atoms with E-state index in [0.717, 1.165) is 4.31 Å². The van der Waals surface area contributed by atoms with Gasteiger partial charge in [0.05, 0.1) is 22.1 Å². The molecule has 0 aliphatic carbocycles. The lowest BCUT2D eigenvalue weighted by atomic mass is 10.1. The Morgan fingerprint density at radius 3 is 2.22 bits per heavy atom. The zero-order chi connectivity index (χ0) is 14.0. The summed E-state index contributed by atoms with van der Waals surface area (Å²) in [5.74, 6) is 0. The van der Waals surface area contributed by atoms with E-state index in [-0.39, 0.29) is 11.4 Å². The average Bonchev–Trinajstić information content (AvgIpc) is 2.27. The summed E-state index contributed by atoms with van der Waals surface area (Å²) >= 11 is 0. The maximum atomic E-state index is 12.1. The molecule has 0 saturated heterocycles. The Labute approximate surface area is 107 Å². The molecule has 0 aliphatic rings. The summed E-state index contributed by atoms with van der Waals surface area (Å²) in [6.45, 7) is 3.07. The Kier molecular flexibility index (Phi) is 4.12. The summed E-state index contributed by atoms with van der Waals surface area (Å²) < 4.78 is 25.4. The number of rotatable bonds is 4. The van der Waals surface area contributed by atoms with Crippen LogP contribution in [0.2, 0.25) is 0 Å². The molecule has 6 heteroatoms. The van der Waals surface area contributed by atoms with E-state index in [2.05, 4.69) is 0 Å². The van der Waals surface area contributed by atoms with Gasteiger partial charge in [-0.1, -0.05) is 0 Å². The van der Waals surface area contributed by atoms with Crippen LogP contribution in [0.5, 0.6) is 0 Å². The average molecular weight is 268 g/mol. The molecule has 0 fully saturated rings. The molecule has 0 saturated carbocycles. The van der Waals surface area contributed by atoms with Crippen LogP contribution in [0.1, 0.15) is 19.4 Å². The van der Waals surface area contributed by atoms with Crippen LogP contribution in [-0.2, 0) is 10.0 Å². The third-order valence-corrected chi connectivity index (χ3v) is 4.12. The summed E-state index contributed by atoms with van der Waals surface area (Å²) in [4.78, 5) is 0.105. The summed E-state index contributed by atoms with van der Waals surface area (Å²) in [6.07, 6.45) is 0. The highest BCUT2D eigenvalue weighted by molar-refractivity contribution is 7.89. The predicted molar refractivity (Wildman–Crippen MR) is 67.3 cm³/mol. The minimum absolute atomic E-state index is 0.00463. The molecule has 1 rings (SSSR count). The molecule has 0 atom stereocenters. The Balaban J connectivity index is 3.02. The number of aliphatic hydroxyl groups is 1. The van der Waals surface area contributed by atoms with Gasteiger partial charge in [-0.2, -0.15) is 9.57 Å². The maximum Gasteiger partial charge on any atom is 0.242 e. The first-order valence-electron chi connectivity index (χ1n) is 5.36. The zero-order valence-corrected chi connectivity index (χ0v) is 11.4. The second-order valence-corrected chi connectivity index (χ2v) is 6.75. The highest BCUT2D eigenvalue weighted by Gasteiger charge is 2.26. The molecule has 0 unspecified atom stereocenters. The van der Waals surface area contributed by atoms with Gasteiger partial charge >= 0.3 is 0 Å². The van der Waals surface area contributed by atoms with Gasteiger partial charge < -0.3 is 5.11 Å². The van der Waals surface area contributed by atoms with Crippen LogP contribution in [0.3, 0.4) is 0 Å². The van der Waals surface area contributed by atoms with E-state index in [1.54, 1.807) is 0 Å². The molecular weight excluding hydrogens is 252 g/mol. The van der Waals surface area contributed by atoms with E-state index in [0.29, 0.717) is 5.56 Å². The number of benzene rings is 1. The van der Waals surface area contributed by atoms with Gasteiger partial charge in [-0.3, -0.25) is 0 Å². The molecule has 98 valence electrons. The quantitative estimate of drug-likeness (QED) is 0.881. The van der Waals surface area contributed by atoms with Crippen molar-refractivity contribution < 1.29 is 13.5 Å². The summed E-state index contributed by atoms with van der Waals surface area (Å²) in [5, 5.41) is 18.3. The standard InChI is InChI=1S/C12H16N2O3S/c1-12(2,15)9-14(3)18(16,17)11-6-4-10(8-13)5-7-11/h4-7,15H,9H2,1-3H3. The minimum atomic E-state index is -3.63. The third kappa shape index (κ3) is 3.53. The number of sulfonamides is 1. The smallest absolute Gasteiger partial charge is 0.242 e. The summed E-state index contributed by atoms with van der Waals surface area (Å²) in [7, 11) is -2.22. The van der Waals surface area contributed by atoms with Crippen LogP contribution >= 0.6 is 0 Å². The molecule has 5 nitrogen and oxygen atoms in total. The van der Waals surface area contributed by atoms with Gasteiger partial charge in [0, 0.05) is 13.6 Å². The van der Waals surface area contributed by atoms with Gasteiger partial charge in [0.1, 0.15) is 0 Å². The fourth-order valence-corrected chi connectivity index (χ4v) is 2.84. The van der Waals surface area contributed by atoms with Gasteiger partial charge in [0.2, 0.25) is 10.0 Å². The van der Waals surface area contributed by atoms with E-state index in [9.17, 15) is 13.5 Å². The van der Waals surface area contributed by atoms with Crippen molar-refractivity contribution in [3.63, 3.8) is 0 Å². The first-order chi connectivity index (χ1) is 8.16. The fourth-order valence-electron chi connectivity index (χ4n) is 1.51. The highest BCUT2D eigenvalue weighted by Crippen LogP contribution is 2.17. The fraction of sp³-hybridized carbons (Fsp3) is 0.417. The monoisotopic (exact) mass is 268 g/mol. The Bertz CT molecular complexity index is 550. The lowest BCUT2D eigenvalue weighted by Gasteiger charge is -2.25. The van der Waals surface area contributed by atoms with Crippen molar-refractivity contribution in [3.05, 3.63) is 29.8 Å². The van der Waals surface area contributed by atoms with E-state index in [4.69, 9.17) is 5.26 Å².